The van der Waals surface area contributed by atoms with E-state index in [2.05, 4.69) is 39.0 Å². The maximum Gasteiger partial charge on any atom is 0.146 e. The Morgan fingerprint density at radius 2 is 2.00 bits per heavy atom. The van der Waals surface area contributed by atoms with Gasteiger partial charge < -0.3 is 9.88 Å². The third kappa shape index (κ3) is 3.60. The van der Waals surface area contributed by atoms with Crippen LogP contribution in [0.1, 0.15) is 37.3 Å². The highest BCUT2D eigenvalue weighted by atomic mass is 35.5. The van der Waals surface area contributed by atoms with Crippen molar-refractivity contribution in [2.75, 3.05) is 19.6 Å². The van der Waals surface area contributed by atoms with E-state index in [0.29, 0.717) is 12.0 Å². The Labute approximate surface area is 127 Å². The summed E-state index contributed by atoms with van der Waals surface area (Å²) in [7, 11) is 2.11. The second kappa shape index (κ2) is 6.88. The summed E-state index contributed by atoms with van der Waals surface area (Å²) in [5.41, 5.74) is 0. The summed E-state index contributed by atoms with van der Waals surface area (Å²) in [5.74, 6) is 2.98. The van der Waals surface area contributed by atoms with Crippen LogP contribution in [-0.2, 0) is 13.6 Å². The summed E-state index contributed by atoms with van der Waals surface area (Å²) in [6, 6.07) is 0.588. The van der Waals surface area contributed by atoms with Crippen molar-refractivity contribution in [2.45, 2.75) is 38.3 Å². The fraction of sp³-hybridized carbons (Fsp3) is 0.833. The minimum absolute atomic E-state index is 0. The van der Waals surface area contributed by atoms with E-state index in [1.54, 1.807) is 0 Å². The van der Waals surface area contributed by atoms with Crippen LogP contribution in [0.3, 0.4) is 0 Å². The molecular weight excluding hydrogens is 285 g/mol. The van der Waals surface area contributed by atoms with Gasteiger partial charge in [0.2, 0.25) is 0 Å². The van der Waals surface area contributed by atoms with Crippen molar-refractivity contribution in [3.63, 3.8) is 0 Å². The second-order valence-electron chi connectivity index (χ2n) is 5.33. The van der Waals surface area contributed by atoms with E-state index in [4.69, 9.17) is 0 Å². The van der Waals surface area contributed by atoms with E-state index >= 15 is 0 Å². The lowest BCUT2D eigenvalue weighted by Crippen LogP contribution is -2.49. The summed E-state index contributed by atoms with van der Waals surface area (Å²) in [6.07, 6.45) is 2.58. The number of hydrogen-bond donors (Lipinski definition) is 1. The summed E-state index contributed by atoms with van der Waals surface area (Å²) < 4.78 is 2.20. The summed E-state index contributed by atoms with van der Waals surface area (Å²) in [5, 5.41) is 12.1. The normalized spacial score (nSPS) is 23.6. The first kappa shape index (κ1) is 16.7. The Morgan fingerprint density at radius 1 is 1.26 bits per heavy atom. The number of halogens is 2. The predicted octanol–water partition coefficient (Wildman–Crippen LogP) is 1.33. The van der Waals surface area contributed by atoms with Crippen LogP contribution in [0.4, 0.5) is 0 Å². The first-order chi connectivity index (χ1) is 8.25. The van der Waals surface area contributed by atoms with Gasteiger partial charge in [-0.15, -0.1) is 35.0 Å². The first-order valence-corrected chi connectivity index (χ1v) is 6.58. The Kier molecular flexibility index (Phi) is 6.05. The molecule has 2 aliphatic rings. The van der Waals surface area contributed by atoms with Gasteiger partial charge in [0.05, 0.1) is 6.54 Å². The van der Waals surface area contributed by atoms with E-state index in [0.717, 1.165) is 32.0 Å². The maximum absolute atomic E-state index is 4.36. The summed E-state index contributed by atoms with van der Waals surface area (Å²) in [4.78, 5) is 2.48. The molecule has 2 heterocycles. The van der Waals surface area contributed by atoms with Crippen LogP contribution in [0.5, 0.6) is 0 Å². The molecular formula is C12H23Cl2N5. The van der Waals surface area contributed by atoms with Crippen molar-refractivity contribution in [1.82, 2.24) is 25.0 Å². The van der Waals surface area contributed by atoms with E-state index in [1.807, 2.05) is 0 Å². The highest BCUT2D eigenvalue weighted by Gasteiger charge is 2.29. The van der Waals surface area contributed by atoms with E-state index in [9.17, 15) is 0 Å². The van der Waals surface area contributed by atoms with Gasteiger partial charge >= 0.3 is 0 Å². The van der Waals surface area contributed by atoms with Gasteiger partial charge in [-0.2, -0.15) is 0 Å². The number of piperazine rings is 1. The predicted molar refractivity (Wildman–Crippen MR) is 80.2 cm³/mol. The zero-order chi connectivity index (χ0) is 11.8. The number of rotatable bonds is 3. The average molecular weight is 308 g/mol. The van der Waals surface area contributed by atoms with E-state index in [-0.39, 0.29) is 24.8 Å². The van der Waals surface area contributed by atoms with Crippen LogP contribution in [-0.4, -0.2) is 45.3 Å². The Bertz CT molecular complexity index is 405. The SMILES string of the molecule is C[C@H]1CNCCN1Cc1nnc(C2CC2)n1C.Cl.Cl. The smallest absolute Gasteiger partial charge is 0.146 e. The van der Waals surface area contributed by atoms with Crippen LogP contribution in [0.2, 0.25) is 0 Å². The average Bonchev–Trinajstić information content (AvgIpc) is 3.09. The lowest BCUT2D eigenvalue weighted by molar-refractivity contribution is 0.160. The van der Waals surface area contributed by atoms with Crippen molar-refractivity contribution in [3.8, 4) is 0 Å². The molecule has 3 rings (SSSR count). The number of nitrogens with one attached hydrogen (secondary N) is 1. The number of hydrogen-bond acceptors (Lipinski definition) is 4. The van der Waals surface area contributed by atoms with E-state index in [1.165, 1.54) is 18.7 Å². The maximum atomic E-state index is 4.36. The van der Waals surface area contributed by atoms with Gasteiger partial charge in [-0.1, -0.05) is 0 Å². The van der Waals surface area contributed by atoms with Gasteiger partial charge in [0, 0.05) is 38.6 Å². The molecule has 1 N–H and O–H groups in total. The monoisotopic (exact) mass is 307 g/mol. The standard InChI is InChI=1S/C12H21N5.2ClH/c1-9-7-13-5-6-17(9)8-11-14-15-12(16(11)2)10-3-4-10;;/h9-10,13H,3-8H2,1-2H3;2*1H/t9-;;/m0../s1. The number of aromatic nitrogens is 3. The quantitative estimate of drug-likeness (QED) is 0.915. The van der Waals surface area contributed by atoms with Gasteiger partial charge in [0.15, 0.2) is 0 Å². The molecule has 0 amide bonds. The first-order valence-electron chi connectivity index (χ1n) is 6.58. The third-order valence-electron chi connectivity index (χ3n) is 3.92. The third-order valence-corrected chi connectivity index (χ3v) is 3.92. The largest absolute Gasteiger partial charge is 0.317 e. The highest BCUT2D eigenvalue weighted by Crippen LogP contribution is 2.38. The molecule has 1 aromatic heterocycles. The summed E-state index contributed by atoms with van der Waals surface area (Å²) >= 11 is 0. The lowest BCUT2D eigenvalue weighted by atomic mass is 10.2. The molecule has 19 heavy (non-hydrogen) atoms. The molecule has 1 saturated heterocycles. The molecule has 0 spiro atoms. The fourth-order valence-corrected chi connectivity index (χ4v) is 2.51. The van der Waals surface area contributed by atoms with Gasteiger partial charge in [0.1, 0.15) is 11.6 Å². The topological polar surface area (TPSA) is 46.0 Å². The van der Waals surface area contributed by atoms with Gasteiger partial charge in [-0.3, -0.25) is 4.90 Å². The molecule has 5 nitrogen and oxygen atoms in total. The van der Waals surface area contributed by atoms with Crippen molar-refractivity contribution in [3.05, 3.63) is 11.6 Å². The van der Waals surface area contributed by atoms with Crippen molar-refractivity contribution >= 4 is 24.8 Å². The molecule has 0 aromatic carbocycles. The van der Waals surface area contributed by atoms with Crippen molar-refractivity contribution in [2.24, 2.45) is 7.05 Å². The second-order valence-corrected chi connectivity index (χ2v) is 5.33. The van der Waals surface area contributed by atoms with Crippen LogP contribution in [0.25, 0.3) is 0 Å². The lowest BCUT2D eigenvalue weighted by Gasteiger charge is -2.33. The molecule has 1 aromatic rings. The molecule has 0 unspecified atom stereocenters. The molecule has 0 radical (unpaired) electrons. The van der Waals surface area contributed by atoms with Crippen LogP contribution in [0.15, 0.2) is 0 Å². The van der Waals surface area contributed by atoms with Gasteiger partial charge in [-0.25, -0.2) is 0 Å². The fourth-order valence-electron chi connectivity index (χ4n) is 2.51. The summed E-state index contributed by atoms with van der Waals surface area (Å²) in [6.45, 7) is 6.46. The van der Waals surface area contributed by atoms with Gasteiger partial charge in [0.25, 0.3) is 0 Å². The minimum atomic E-state index is 0. The molecule has 2 fully saturated rings. The molecule has 1 atom stereocenters. The Morgan fingerprint density at radius 3 is 2.63 bits per heavy atom. The van der Waals surface area contributed by atoms with Crippen LogP contribution < -0.4 is 5.32 Å². The number of nitrogens with zero attached hydrogens (tertiary/aromatic N) is 4. The molecule has 7 heteroatoms. The minimum Gasteiger partial charge on any atom is -0.317 e. The molecule has 1 aliphatic carbocycles. The molecule has 1 aliphatic heterocycles. The van der Waals surface area contributed by atoms with Crippen LogP contribution in [0, 0.1) is 0 Å². The molecule has 0 bridgehead atoms. The van der Waals surface area contributed by atoms with Crippen molar-refractivity contribution in [1.29, 1.82) is 0 Å². The zero-order valence-electron chi connectivity index (χ0n) is 11.5. The van der Waals surface area contributed by atoms with Crippen molar-refractivity contribution < 1.29 is 0 Å². The highest BCUT2D eigenvalue weighted by molar-refractivity contribution is 5.85. The molecule has 110 valence electrons. The van der Waals surface area contributed by atoms with Gasteiger partial charge in [-0.05, 0) is 19.8 Å². The Hall–Kier alpha value is -0.360. The molecule has 1 saturated carbocycles. The Balaban J connectivity index is 0.000000902. The van der Waals surface area contributed by atoms with E-state index < -0.39 is 0 Å². The van der Waals surface area contributed by atoms with Crippen LogP contribution >= 0.6 is 24.8 Å². The zero-order valence-corrected chi connectivity index (χ0v) is 13.1.